The monoisotopic (exact) mass is 297 g/mol. The van der Waals surface area contributed by atoms with Crippen molar-refractivity contribution in [3.63, 3.8) is 0 Å². The van der Waals surface area contributed by atoms with E-state index in [0.29, 0.717) is 11.9 Å². The van der Waals surface area contributed by atoms with Crippen LogP contribution in [-0.2, 0) is 6.54 Å². The van der Waals surface area contributed by atoms with E-state index in [4.69, 9.17) is 21.1 Å². The molecular formula is C16H24ClNO2. The highest BCUT2D eigenvalue weighted by atomic mass is 35.5. The van der Waals surface area contributed by atoms with Crippen molar-refractivity contribution in [1.82, 2.24) is 4.90 Å². The summed E-state index contributed by atoms with van der Waals surface area (Å²) in [5.74, 6) is 2.26. The van der Waals surface area contributed by atoms with Crippen molar-refractivity contribution in [3.8, 4) is 11.5 Å². The number of hydrogen-bond acceptors (Lipinski definition) is 3. The van der Waals surface area contributed by atoms with Crippen LogP contribution in [0.5, 0.6) is 11.5 Å². The minimum atomic E-state index is 0.682. The molecule has 0 heterocycles. The van der Waals surface area contributed by atoms with E-state index in [9.17, 15) is 0 Å². The van der Waals surface area contributed by atoms with E-state index in [-0.39, 0.29) is 0 Å². The highest BCUT2D eigenvalue weighted by Crippen LogP contribution is 2.30. The third-order valence-corrected chi connectivity index (χ3v) is 4.22. The molecule has 0 aliphatic heterocycles. The van der Waals surface area contributed by atoms with Gasteiger partial charge >= 0.3 is 0 Å². The molecule has 0 atom stereocenters. The second kappa shape index (κ2) is 7.75. The molecule has 1 fully saturated rings. The maximum Gasteiger partial charge on any atom is 0.161 e. The van der Waals surface area contributed by atoms with Crippen LogP contribution in [-0.4, -0.2) is 37.6 Å². The molecule has 4 heteroatoms. The zero-order valence-electron chi connectivity index (χ0n) is 12.4. The Hall–Kier alpha value is -0.930. The van der Waals surface area contributed by atoms with Crippen LogP contribution in [0.25, 0.3) is 0 Å². The molecule has 2 rings (SSSR count). The summed E-state index contributed by atoms with van der Waals surface area (Å²) in [5.41, 5.74) is 1.25. The molecule has 0 aromatic heterocycles. The average Bonchev–Trinajstić information content (AvgIpc) is 3.00. The summed E-state index contributed by atoms with van der Waals surface area (Å²) in [6, 6.07) is 6.83. The van der Waals surface area contributed by atoms with Crippen molar-refractivity contribution in [2.45, 2.75) is 38.3 Å². The van der Waals surface area contributed by atoms with Crippen LogP contribution in [0.1, 0.15) is 31.2 Å². The van der Waals surface area contributed by atoms with Crippen LogP contribution in [0, 0.1) is 0 Å². The van der Waals surface area contributed by atoms with Gasteiger partial charge in [-0.25, -0.2) is 0 Å². The Labute approximate surface area is 126 Å². The van der Waals surface area contributed by atoms with E-state index < -0.39 is 0 Å². The van der Waals surface area contributed by atoms with Gasteiger partial charge in [0.05, 0.1) is 14.2 Å². The van der Waals surface area contributed by atoms with Gasteiger partial charge in [0, 0.05) is 25.0 Å². The summed E-state index contributed by atoms with van der Waals surface area (Å²) < 4.78 is 10.7. The van der Waals surface area contributed by atoms with E-state index in [1.165, 1.54) is 31.2 Å². The third kappa shape index (κ3) is 3.80. The lowest BCUT2D eigenvalue weighted by Crippen LogP contribution is -2.34. The van der Waals surface area contributed by atoms with Crippen LogP contribution in [0.2, 0.25) is 0 Å². The number of nitrogens with zero attached hydrogens (tertiary/aromatic N) is 1. The Morgan fingerprint density at radius 2 is 1.85 bits per heavy atom. The van der Waals surface area contributed by atoms with E-state index >= 15 is 0 Å². The Balaban J connectivity index is 2.09. The van der Waals surface area contributed by atoms with Gasteiger partial charge in [-0.2, -0.15) is 0 Å². The summed E-state index contributed by atoms with van der Waals surface area (Å²) >= 11 is 5.96. The smallest absolute Gasteiger partial charge is 0.161 e. The molecule has 3 nitrogen and oxygen atoms in total. The van der Waals surface area contributed by atoms with Gasteiger partial charge < -0.3 is 9.47 Å². The molecule has 1 aliphatic rings. The van der Waals surface area contributed by atoms with Gasteiger partial charge in [-0.15, -0.1) is 11.6 Å². The van der Waals surface area contributed by atoms with Crippen LogP contribution in [0.3, 0.4) is 0 Å². The number of methoxy groups -OCH3 is 2. The maximum atomic E-state index is 5.96. The van der Waals surface area contributed by atoms with Crippen molar-refractivity contribution in [1.29, 1.82) is 0 Å². The number of hydrogen-bond donors (Lipinski definition) is 0. The van der Waals surface area contributed by atoms with Crippen LogP contribution < -0.4 is 9.47 Å². The van der Waals surface area contributed by atoms with Gasteiger partial charge in [-0.05, 0) is 30.5 Å². The Bertz CT molecular complexity index is 419. The number of rotatable bonds is 7. The van der Waals surface area contributed by atoms with E-state index in [2.05, 4.69) is 17.0 Å². The summed E-state index contributed by atoms with van der Waals surface area (Å²) in [4.78, 5) is 2.50. The first-order valence-corrected chi connectivity index (χ1v) is 7.83. The molecule has 1 aromatic carbocycles. The lowest BCUT2D eigenvalue weighted by atomic mass is 10.1. The molecule has 0 amide bonds. The van der Waals surface area contributed by atoms with Gasteiger partial charge in [0.15, 0.2) is 11.5 Å². The molecule has 0 saturated heterocycles. The predicted octanol–water partition coefficient (Wildman–Crippen LogP) is 3.69. The second-order valence-electron chi connectivity index (χ2n) is 5.29. The van der Waals surface area contributed by atoms with Crippen LogP contribution in [0.15, 0.2) is 18.2 Å². The summed E-state index contributed by atoms with van der Waals surface area (Å²) in [5, 5.41) is 0. The number of halogens is 1. The Kier molecular flexibility index (Phi) is 5.99. The van der Waals surface area contributed by atoms with Crippen molar-refractivity contribution in [3.05, 3.63) is 23.8 Å². The number of alkyl halides is 1. The van der Waals surface area contributed by atoms with Crippen molar-refractivity contribution < 1.29 is 9.47 Å². The zero-order chi connectivity index (χ0) is 14.4. The molecule has 20 heavy (non-hydrogen) atoms. The summed E-state index contributed by atoms with van der Waals surface area (Å²) in [7, 11) is 3.34. The highest BCUT2D eigenvalue weighted by Gasteiger charge is 2.22. The number of benzene rings is 1. The van der Waals surface area contributed by atoms with Gasteiger partial charge in [0.2, 0.25) is 0 Å². The molecule has 0 radical (unpaired) electrons. The molecule has 1 aliphatic carbocycles. The fraction of sp³-hybridized carbons (Fsp3) is 0.625. The van der Waals surface area contributed by atoms with Crippen molar-refractivity contribution >= 4 is 11.6 Å². The van der Waals surface area contributed by atoms with Crippen LogP contribution in [0.4, 0.5) is 0 Å². The van der Waals surface area contributed by atoms with E-state index in [0.717, 1.165) is 24.6 Å². The van der Waals surface area contributed by atoms with Gasteiger partial charge in [0.25, 0.3) is 0 Å². The molecule has 1 saturated carbocycles. The number of ether oxygens (including phenoxy) is 2. The van der Waals surface area contributed by atoms with Crippen molar-refractivity contribution in [2.24, 2.45) is 0 Å². The topological polar surface area (TPSA) is 21.7 Å². The molecule has 0 spiro atoms. The minimum Gasteiger partial charge on any atom is -0.493 e. The SMILES string of the molecule is COc1ccc(CN(CCCl)C2CCCC2)cc1OC. The molecular weight excluding hydrogens is 274 g/mol. The lowest BCUT2D eigenvalue weighted by molar-refractivity contribution is 0.201. The van der Waals surface area contributed by atoms with Gasteiger partial charge in [0.1, 0.15) is 0 Å². The molecule has 0 unspecified atom stereocenters. The first kappa shape index (κ1) is 15.5. The van der Waals surface area contributed by atoms with E-state index in [1.807, 2.05) is 6.07 Å². The predicted molar refractivity (Wildman–Crippen MR) is 82.9 cm³/mol. The van der Waals surface area contributed by atoms with Gasteiger partial charge in [-0.1, -0.05) is 18.9 Å². The first-order chi connectivity index (χ1) is 9.78. The summed E-state index contributed by atoms with van der Waals surface area (Å²) in [6.07, 6.45) is 5.28. The average molecular weight is 298 g/mol. The molecule has 0 N–H and O–H groups in total. The van der Waals surface area contributed by atoms with E-state index in [1.54, 1.807) is 14.2 Å². The fourth-order valence-corrected chi connectivity index (χ4v) is 3.20. The standard InChI is InChI=1S/C16H24ClNO2/c1-19-15-8-7-13(11-16(15)20-2)12-18(10-9-17)14-5-3-4-6-14/h7-8,11,14H,3-6,9-10,12H2,1-2H3. The largest absolute Gasteiger partial charge is 0.493 e. The second-order valence-corrected chi connectivity index (χ2v) is 5.67. The Morgan fingerprint density at radius 1 is 1.15 bits per heavy atom. The van der Waals surface area contributed by atoms with Crippen molar-refractivity contribution in [2.75, 3.05) is 26.6 Å². The first-order valence-electron chi connectivity index (χ1n) is 7.29. The third-order valence-electron chi connectivity index (χ3n) is 4.05. The molecule has 1 aromatic rings. The molecule has 0 bridgehead atoms. The van der Waals surface area contributed by atoms with Crippen LogP contribution >= 0.6 is 11.6 Å². The summed E-state index contributed by atoms with van der Waals surface area (Å²) in [6.45, 7) is 1.87. The molecule has 112 valence electrons. The quantitative estimate of drug-likeness (QED) is 0.717. The Morgan fingerprint density at radius 3 is 2.45 bits per heavy atom. The zero-order valence-corrected chi connectivity index (χ0v) is 13.2. The van der Waals surface area contributed by atoms with Gasteiger partial charge in [-0.3, -0.25) is 4.90 Å². The maximum absolute atomic E-state index is 5.96. The lowest BCUT2D eigenvalue weighted by Gasteiger charge is -2.28. The normalized spacial score (nSPS) is 15.8. The highest BCUT2D eigenvalue weighted by molar-refractivity contribution is 6.18. The minimum absolute atomic E-state index is 0.682. The fourth-order valence-electron chi connectivity index (χ4n) is 2.98.